The Kier molecular flexibility index (Phi) is 6.17. The van der Waals surface area contributed by atoms with Gasteiger partial charge in [0.05, 0.1) is 31.4 Å². The third-order valence-electron chi connectivity index (χ3n) is 3.41. The van der Waals surface area contributed by atoms with E-state index in [0.29, 0.717) is 32.9 Å². The van der Waals surface area contributed by atoms with Crippen LogP contribution in [0.2, 0.25) is 10.0 Å². The Labute approximate surface area is 150 Å². The fourth-order valence-electron chi connectivity index (χ4n) is 2.15. The molecule has 0 aliphatic carbocycles. The van der Waals surface area contributed by atoms with Crippen molar-refractivity contribution in [2.24, 2.45) is 0 Å². The van der Waals surface area contributed by atoms with E-state index >= 15 is 0 Å². The smallest absolute Gasteiger partial charge is 0.251 e. The quantitative estimate of drug-likeness (QED) is 0.837. The highest BCUT2D eigenvalue weighted by atomic mass is 35.5. The minimum atomic E-state index is -0.273. The first-order valence-corrected chi connectivity index (χ1v) is 7.77. The minimum absolute atomic E-state index is 0.253. The van der Waals surface area contributed by atoms with Gasteiger partial charge in [-0.05, 0) is 24.3 Å². The maximum atomic E-state index is 12.2. The van der Waals surface area contributed by atoms with Crippen molar-refractivity contribution in [2.45, 2.75) is 6.54 Å². The van der Waals surface area contributed by atoms with Gasteiger partial charge in [0.15, 0.2) is 11.5 Å². The second-order valence-corrected chi connectivity index (χ2v) is 5.65. The molecule has 1 amide bonds. The molecule has 0 heterocycles. The number of nitrogens with one attached hydrogen (secondary N) is 1. The summed E-state index contributed by atoms with van der Waals surface area (Å²) in [5.74, 6) is 1.42. The van der Waals surface area contributed by atoms with Gasteiger partial charge in [0.1, 0.15) is 5.75 Å². The van der Waals surface area contributed by atoms with Gasteiger partial charge in [0.2, 0.25) is 0 Å². The Morgan fingerprint density at radius 3 is 2.12 bits per heavy atom. The molecule has 0 saturated heterocycles. The predicted octanol–water partition coefficient (Wildman–Crippen LogP) is 3.95. The van der Waals surface area contributed by atoms with E-state index in [4.69, 9.17) is 37.4 Å². The Hall–Kier alpha value is -2.11. The zero-order chi connectivity index (χ0) is 17.7. The van der Waals surface area contributed by atoms with Crippen LogP contribution in [-0.4, -0.2) is 27.2 Å². The van der Waals surface area contributed by atoms with E-state index in [9.17, 15) is 4.79 Å². The second-order valence-electron chi connectivity index (χ2n) is 4.83. The van der Waals surface area contributed by atoms with E-state index in [1.807, 2.05) is 0 Å². The van der Waals surface area contributed by atoms with Crippen molar-refractivity contribution in [2.75, 3.05) is 21.3 Å². The van der Waals surface area contributed by atoms with Gasteiger partial charge in [-0.1, -0.05) is 23.2 Å². The predicted molar refractivity (Wildman–Crippen MR) is 93.7 cm³/mol. The van der Waals surface area contributed by atoms with E-state index in [1.54, 1.807) is 45.6 Å². The molecule has 2 aromatic carbocycles. The number of rotatable bonds is 6. The van der Waals surface area contributed by atoms with Crippen LogP contribution in [0.4, 0.5) is 0 Å². The molecule has 0 unspecified atom stereocenters. The molecule has 2 rings (SSSR count). The van der Waals surface area contributed by atoms with Crippen LogP contribution in [0.15, 0.2) is 30.3 Å². The van der Waals surface area contributed by atoms with Crippen molar-refractivity contribution in [3.05, 3.63) is 51.5 Å². The average molecular weight is 370 g/mol. The molecular formula is C17H17Cl2NO4. The number of hydrogen-bond acceptors (Lipinski definition) is 4. The summed E-state index contributed by atoms with van der Waals surface area (Å²) in [5.41, 5.74) is 1.17. The van der Waals surface area contributed by atoms with Crippen molar-refractivity contribution < 1.29 is 19.0 Å². The van der Waals surface area contributed by atoms with E-state index in [-0.39, 0.29) is 12.5 Å². The first-order chi connectivity index (χ1) is 11.5. The number of amides is 1. The first-order valence-electron chi connectivity index (χ1n) is 7.02. The average Bonchev–Trinajstić information content (AvgIpc) is 2.60. The summed E-state index contributed by atoms with van der Waals surface area (Å²) in [7, 11) is 4.64. The summed E-state index contributed by atoms with van der Waals surface area (Å²) in [6.07, 6.45) is 0. The summed E-state index contributed by atoms with van der Waals surface area (Å²) in [6, 6.07) is 8.17. The number of benzene rings is 2. The fourth-order valence-corrected chi connectivity index (χ4v) is 2.44. The summed E-state index contributed by atoms with van der Waals surface area (Å²) >= 11 is 11.8. The molecule has 128 valence electrons. The Morgan fingerprint density at radius 2 is 1.54 bits per heavy atom. The van der Waals surface area contributed by atoms with E-state index in [1.165, 1.54) is 6.07 Å². The summed E-state index contributed by atoms with van der Waals surface area (Å²) in [4.78, 5) is 12.2. The van der Waals surface area contributed by atoms with E-state index in [0.717, 1.165) is 5.56 Å². The normalized spacial score (nSPS) is 10.2. The number of carbonyl (C=O) groups is 1. The zero-order valence-corrected chi connectivity index (χ0v) is 15.0. The molecule has 0 fully saturated rings. The fraction of sp³-hybridized carbons (Fsp3) is 0.235. The van der Waals surface area contributed by atoms with Crippen LogP contribution in [-0.2, 0) is 6.54 Å². The van der Waals surface area contributed by atoms with Crippen LogP contribution in [0.3, 0.4) is 0 Å². The van der Waals surface area contributed by atoms with Crippen LogP contribution in [0.1, 0.15) is 15.9 Å². The van der Waals surface area contributed by atoms with Gasteiger partial charge in [0, 0.05) is 23.7 Å². The molecule has 5 nitrogen and oxygen atoms in total. The van der Waals surface area contributed by atoms with Crippen LogP contribution in [0.25, 0.3) is 0 Å². The number of ether oxygens (including phenoxy) is 3. The summed E-state index contributed by atoms with van der Waals surface area (Å²) in [6.45, 7) is 0.253. The SMILES string of the molecule is COc1cc(OC)c(OC)cc1CNC(=O)c1ccc(Cl)c(Cl)c1. The van der Waals surface area contributed by atoms with Gasteiger partial charge >= 0.3 is 0 Å². The molecule has 1 N–H and O–H groups in total. The second kappa shape index (κ2) is 8.13. The maximum absolute atomic E-state index is 12.2. The lowest BCUT2D eigenvalue weighted by molar-refractivity contribution is 0.0950. The summed E-state index contributed by atoms with van der Waals surface area (Å²) < 4.78 is 15.8. The van der Waals surface area contributed by atoms with Gasteiger partial charge < -0.3 is 19.5 Å². The van der Waals surface area contributed by atoms with Gasteiger partial charge in [-0.15, -0.1) is 0 Å². The number of carbonyl (C=O) groups excluding carboxylic acids is 1. The Bertz CT molecular complexity index is 750. The third-order valence-corrected chi connectivity index (χ3v) is 4.15. The van der Waals surface area contributed by atoms with Crippen LogP contribution in [0, 0.1) is 0 Å². The lowest BCUT2D eigenvalue weighted by Crippen LogP contribution is -2.23. The Morgan fingerprint density at radius 1 is 0.917 bits per heavy atom. The van der Waals surface area contributed by atoms with Crippen molar-refractivity contribution in [3.63, 3.8) is 0 Å². The number of hydrogen-bond donors (Lipinski definition) is 1. The van der Waals surface area contributed by atoms with Crippen molar-refractivity contribution >= 4 is 29.1 Å². The molecule has 0 bridgehead atoms. The highest BCUT2D eigenvalue weighted by Gasteiger charge is 2.14. The molecule has 2 aromatic rings. The lowest BCUT2D eigenvalue weighted by Gasteiger charge is -2.14. The molecule has 0 aliphatic rings. The van der Waals surface area contributed by atoms with Crippen LogP contribution < -0.4 is 19.5 Å². The third kappa shape index (κ3) is 4.04. The molecule has 0 spiro atoms. The van der Waals surface area contributed by atoms with E-state index in [2.05, 4.69) is 5.32 Å². The molecule has 0 aromatic heterocycles. The largest absolute Gasteiger partial charge is 0.496 e. The van der Waals surface area contributed by atoms with Gasteiger partial charge in [0.25, 0.3) is 5.91 Å². The van der Waals surface area contributed by atoms with Gasteiger partial charge in [-0.25, -0.2) is 0 Å². The molecule has 0 radical (unpaired) electrons. The van der Waals surface area contributed by atoms with Crippen molar-refractivity contribution in [3.8, 4) is 17.2 Å². The molecular weight excluding hydrogens is 353 g/mol. The van der Waals surface area contributed by atoms with Crippen LogP contribution in [0.5, 0.6) is 17.2 Å². The van der Waals surface area contributed by atoms with Gasteiger partial charge in [-0.2, -0.15) is 0 Å². The van der Waals surface area contributed by atoms with E-state index < -0.39 is 0 Å². The molecule has 7 heteroatoms. The first kappa shape index (κ1) is 18.2. The highest BCUT2D eigenvalue weighted by molar-refractivity contribution is 6.42. The van der Waals surface area contributed by atoms with Crippen LogP contribution >= 0.6 is 23.2 Å². The maximum Gasteiger partial charge on any atom is 0.251 e. The topological polar surface area (TPSA) is 56.8 Å². The van der Waals surface area contributed by atoms with Crippen molar-refractivity contribution in [1.29, 1.82) is 0 Å². The van der Waals surface area contributed by atoms with Gasteiger partial charge in [-0.3, -0.25) is 4.79 Å². The van der Waals surface area contributed by atoms with Crippen molar-refractivity contribution in [1.82, 2.24) is 5.32 Å². The molecule has 0 aliphatic heterocycles. The Balaban J connectivity index is 2.18. The minimum Gasteiger partial charge on any atom is -0.496 e. The highest BCUT2D eigenvalue weighted by Crippen LogP contribution is 2.34. The monoisotopic (exact) mass is 369 g/mol. The lowest BCUT2D eigenvalue weighted by atomic mass is 10.1. The molecule has 24 heavy (non-hydrogen) atoms. The summed E-state index contributed by atoms with van der Waals surface area (Å²) in [5, 5.41) is 3.53. The standard InChI is InChI=1S/C17H17Cl2NO4/c1-22-14-8-16(24-3)15(23-2)7-11(14)9-20-17(21)10-4-5-12(18)13(19)6-10/h4-8H,9H2,1-3H3,(H,20,21). The number of methoxy groups -OCH3 is 3. The molecule has 0 atom stereocenters. The zero-order valence-electron chi connectivity index (χ0n) is 13.5. The molecule has 0 saturated carbocycles. The number of halogens is 2.